The predicted molar refractivity (Wildman–Crippen MR) is 322 cm³/mol. The number of carbonyl (C=O) groups excluding carboxylic acids is 7. The zero-order valence-corrected chi connectivity index (χ0v) is 54.7. The molecule has 93 heavy (non-hydrogen) atoms. The van der Waals surface area contributed by atoms with Gasteiger partial charge in [0, 0.05) is 75.2 Å². The topological polar surface area (TPSA) is 431 Å². The number of methoxy groups -OCH3 is 1. The van der Waals surface area contributed by atoms with Crippen molar-refractivity contribution in [2.75, 3.05) is 46.5 Å². The molecule has 0 radical (unpaired) electrons. The van der Waals surface area contributed by atoms with Crippen LogP contribution < -0.4 is 70.3 Å². The van der Waals surface area contributed by atoms with E-state index in [-0.39, 0.29) is 65.3 Å². The fourth-order valence-corrected chi connectivity index (χ4v) is 12.0. The fraction of sp³-hybridized carbons (Fsp3) is 0.492. The van der Waals surface area contributed by atoms with Gasteiger partial charge in [-0.1, -0.05) is 42.9 Å². The number of aliphatic hydroxyl groups excluding tert-OH is 6. The summed E-state index contributed by atoms with van der Waals surface area (Å²) < 4.78 is 21.8. The van der Waals surface area contributed by atoms with Crippen molar-refractivity contribution in [2.45, 2.75) is 132 Å². The summed E-state index contributed by atoms with van der Waals surface area (Å²) in [5.74, 6) is -9.00. The molecule has 0 unspecified atom stereocenters. The van der Waals surface area contributed by atoms with Gasteiger partial charge in [0.1, 0.15) is 47.0 Å². The molecule has 8 rings (SSSR count). The van der Waals surface area contributed by atoms with Gasteiger partial charge in [-0.25, -0.2) is 16.1 Å². The monoisotopic (exact) mass is 1340 g/mol. The number of fused-ring (bicyclic) bond motifs is 3. The molecule has 0 bridgehead atoms. The van der Waals surface area contributed by atoms with Gasteiger partial charge in [-0.05, 0) is 80.3 Å². The van der Waals surface area contributed by atoms with E-state index in [1.165, 1.54) is 36.5 Å². The van der Waals surface area contributed by atoms with Gasteiger partial charge in [0.15, 0.2) is 17.6 Å². The molecule has 3 fully saturated rings. The van der Waals surface area contributed by atoms with E-state index in [2.05, 4.69) is 40.8 Å². The smallest absolute Gasteiger partial charge is 0.691 e. The van der Waals surface area contributed by atoms with Crippen molar-refractivity contribution in [3.63, 3.8) is 0 Å². The minimum absolute atomic E-state index is 0. The maximum Gasteiger partial charge on any atom is 1.00 e. The standard InChI is InChI=1S/C59H73N11O20S2.Na/c1-30-27-69-49(50(30)77)55(82)61-25-36(72)23-39(62-51(78)34-12-10-33(11-13-34)40-29-70-59(63-40)91-56(67-70)35-14-16-38(17-15-35)87-20-8-6-5-7-19-86-4)52(79)64-46(31(2)71)57(83)68-28-37(73)24-41(68)53(80)65-47(54(81)66-48(58(69)84)44(76)26-60-3)43(75)21-32-9-18-42(74)45(22-32)88-92-90-89-85;/h9-18,22,29-31,36-37,39,41,43-44,46-50,71-77,85H,5-8,19-21,23-28H2,1-2,4H3,(H,61,82)(H,62,78)(H,64,79)(H,65,80)(H,66,81);/q;+1/p-1/t30-,31+,36+,37+,39+,41+,43-,44-,46+,47+,48+,49+,50+;/m1./s1. The maximum absolute atomic E-state index is 14.6. The molecule has 5 heterocycles. The second kappa shape index (κ2) is 34.3. The average Bonchev–Trinajstić information content (AvgIpc) is 1.69. The zero-order chi connectivity index (χ0) is 66.3. The molecule has 7 amide bonds. The summed E-state index contributed by atoms with van der Waals surface area (Å²) in [4.78, 5) is 111. The summed E-state index contributed by atoms with van der Waals surface area (Å²) in [6.07, 6.45) is -6.60. The molecule has 13 atom stereocenters. The van der Waals surface area contributed by atoms with Gasteiger partial charge < -0.3 is 95.9 Å². The molecule has 0 saturated carbocycles. The number of phenols is 1. The number of β-amino-alcohol motifs (C(OH)–C–C–N with tert-alkyl or cyclic N) is 1. The molecular formula is C59H72N11NaO20S2. The van der Waals surface area contributed by atoms with Crippen LogP contribution in [0.1, 0.15) is 68.3 Å². The molecule has 3 aromatic carbocycles. The molecule has 0 spiro atoms. The molecule has 2 aromatic heterocycles. The summed E-state index contributed by atoms with van der Waals surface area (Å²) in [7, 11) is 1.69. The molecule has 3 saturated heterocycles. The minimum atomic E-state index is -2.16. The molecular weight excluding hydrogens is 1270 g/mol. The van der Waals surface area contributed by atoms with Crippen molar-refractivity contribution in [1.82, 2.24) is 51.0 Å². The average molecular weight is 1340 g/mol. The van der Waals surface area contributed by atoms with E-state index in [1.54, 1.807) is 30.0 Å². The van der Waals surface area contributed by atoms with Gasteiger partial charge in [-0.15, -0.1) is 4.33 Å². The number of benzene rings is 3. The van der Waals surface area contributed by atoms with Crippen molar-refractivity contribution >= 4 is 70.0 Å². The Morgan fingerprint density at radius 3 is 2.18 bits per heavy atom. The van der Waals surface area contributed by atoms with Gasteiger partial charge in [-0.2, -0.15) is 5.10 Å². The Morgan fingerprint density at radius 1 is 0.828 bits per heavy atom. The van der Waals surface area contributed by atoms with Crippen LogP contribution >= 0.6 is 23.7 Å². The van der Waals surface area contributed by atoms with E-state index in [0.29, 0.717) is 27.8 Å². The van der Waals surface area contributed by atoms with Crippen LogP contribution in [0.4, 0.5) is 0 Å². The van der Waals surface area contributed by atoms with Crippen molar-refractivity contribution in [1.29, 1.82) is 0 Å². The molecule has 31 nitrogen and oxygen atoms in total. The van der Waals surface area contributed by atoms with Crippen molar-refractivity contribution in [3.8, 4) is 39.1 Å². The zero-order valence-electron chi connectivity index (χ0n) is 51.1. The first-order valence-corrected chi connectivity index (χ1v) is 30.9. The molecule has 12 N–H and O–H groups in total. The molecule has 496 valence electrons. The van der Waals surface area contributed by atoms with Crippen LogP contribution in [0.2, 0.25) is 0 Å². The number of hydrogen-bond donors (Lipinski definition) is 12. The third kappa shape index (κ3) is 18.9. The quantitative estimate of drug-likeness (QED) is 0.00775. The number of aliphatic hydroxyl groups is 6. The molecule has 34 heteroatoms. The van der Waals surface area contributed by atoms with E-state index < -0.39 is 165 Å². The number of aromatic hydroxyl groups is 1. The summed E-state index contributed by atoms with van der Waals surface area (Å²) in [6.45, 7) is 8.94. The second-order valence-electron chi connectivity index (χ2n) is 22.5. The Morgan fingerprint density at radius 2 is 1.51 bits per heavy atom. The van der Waals surface area contributed by atoms with E-state index in [4.69, 9.17) is 30.3 Å². The number of hydrogen-bond acceptors (Lipinski definition) is 24. The van der Waals surface area contributed by atoms with Crippen molar-refractivity contribution < 1.29 is 127 Å². The Kier molecular flexibility index (Phi) is 27.1. The SMILES string of the molecule is [C-]#[N+]C[C@@H](O)[C@@H]1NC(=O)[C@H]([C@H](O)Cc2ccc(O)c(OSOO[O-])c2)NC(=O)[C@@H]2C[C@H](O)CN2C(=O)[C@H]([C@H](C)O)NC(=O)[C@@H](NC(=O)c2ccc(-c3cn4nc(-c5ccc(OCCCCCCOC)cc5)sc4n3)cc2)C[C@H](O)CNC(=O)[C@@H]2[C@@H](O)[C@H](C)CN2C1=O.[Na+]. The number of nitrogens with zero attached hydrogens (tertiary/aromatic N) is 6. The first-order valence-electron chi connectivity index (χ1n) is 29.4. The largest absolute Gasteiger partial charge is 1.00 e. The fourth-order valence-electron chi connectivity index (χ4n) is 10.9. The number of carbonyl (C=O) groups is 7. The summed E-state index contributed by atoms with van der Waals surface area (Å²) >= 11 is 1.36. The van der Waals surface area contributed by atoms with Gasteiger partial charge in [0.25, 0.3) is 18.2 Å². The van der Waals surface area contributed by atoms with Crippen LogP contribution in [0.25, 0.3) is 31.6 Å². The Bertz CT molecular complexity index is 3400. The molecule has 3 aliphatic rings. The van der Waals surface area contributed by atoms with Gasteiger partial charge in [-0.3, -0.25) is 38.6 Å². The predicted octanol–water partition coefficient (Wildman–Crippen LogP) is -4.55. The Hall–Kier alpha value is -7.11. The van der Waals surface area contributed by atoms with Crippen LogP contribution in [0.15, 0.2) is 72.9 Å². The third-order valence-corrected chi connectivity index (χ3v) is 17.1. The molecule has 5 aromatic rings. The van der Waals surface area contributed by atoms with Crippen molar-refractivity contribution in [2.24, 2.45) is 5.92 Å². The van der Waals surface area contributed by atoms with Gasteiger partial charge >= 0.3 is 29.6 Å². The number of phenolic OH excluding ortho intramolecular Hbond substituents is 1. The normalized spacial score (nSPS) is 24.4. The number of ether oxygens (including phenoxy) is 2. The summed E-state index contributed by atoms with van der Waals surface area (Å²) in [5.41, 5.74) is 2.06. The summed E-state index contributed by atoms with van der Waals surface area (Å²) in [5, 5.41) is 110. The number of amides is 7. The third-order valence-electron chi connectivity index (χ3n) is 15.8. The van der Waals surface area contributed by atoms with Crippen LogP contribution in [0.5, 0.6) is 17.2 Å². The van der Waals surface area contributed by atoms with E-state index in [0.717, 1.165) is 72.5 Å². The van der Waals surface area contributed by atoms with Crippen LogP contribution in [0.3, 0.4) is 0 Å². The number of unbranched alkanes of at least 4 members (excludes halogenated alkanes) is 3. The maximum atomic E-state index is 14.6. The van der Waals surface area contributed by atoms with E-state index in [9.17, 15) is 74.6 Å². The van der Waals surface area contributed by atoms with Crippen LogP contribution in [0, 0.1) is 12.5 Å². The first kappa shape index (κ1) is 73.3. The van der Waals surface area contributed by atoms with Crippen molar-refractivity contribution in [3.05, 3.63) is 95.5 Å². The van der Waals surface area contributed by atoms with Crippen LogP contribution in [-0.2, 0) is 49.3 Å². The van der Waals surface area contributed by atoms with E-state index in [1.807, 2.05) is 24.3 Å². The first-order chi connectivity index (χ1) is 44.1. The molecule has 3 aliphatic heterocycles. The second-order valence-corrected chi connectivity index (χ2v) is 23.9. The van der Waals surface area contributed by atoms with E-state index >= 15 is 0 Å². The van der Waals surface area contributed by atoms with Crippen LogP contribution in [-0.4, -0.2) is 221 Å². The Balaban J connectivity index is 0.0000123. The van der Waals surface area contributed by atoms with Gasteiger partial charge in [0.05, 0.1) is 49.0 Å². The minimum Gasteiger partial charge on any atom is -0.691 e. The summed E-state index contributed by atoms with van der Waals surface area (Å²) in [6, 6.07) is 5.72. The number of nitrogens with one attached hydrogen (secondary N) is 5. The molecule has 0 aliphatic carbocycles. The van der Waals surface area contributed by atoms with Gasteiger partial charge in [0.2, 0.25) is 46.9 Å². The number of imidazole rings is 1. The Labute approximate surface area is 563 Å². The number of aromatic nitrogens is 3. The number of rotatable bonds is 22.